The molecule has 0 saturated carbocycles. The number of aliphatic hydroxyl groups is 2. The van der Waals surface area contributed by atoms with E-state index in [0.717, 1.165) is 0 Å². The van der Waals surface area contributed by atoms with E-state index in [9.17, 15) is 28.9 Å². The van der Waals surface area contributed by atoms with Gasteiger partial charge in [-0.1, -0.05) is 27.7 Å². The molecule has 0 aliphatic rings. The highest BCUT2D eigenvalue weighted by atomic mass is 31.2. The number of carbonyl (C=O) groups excluding carboxylic acids is 2. The standard InChI is InChI=1S/C18H38N2O13P2/c1-17(2,11-32-34(25,26)27)13(21)15(23)19-7-5-9-31-10-6-8-20-16(24)14(22)18(3,4)12-33-35(28,29)30/h13-14,21-22H,5-12H2,1-4H3,(H,19,23)(H,20,24)(H2,25,26,27)(H2,28,29,30). The lowest BCUT2D eigenvalue weighted by Gasteiger charge is -2.29. The van der Waals surface area contributed by atoms with Gasteiger partial charge in [0.15, 0.2) is 0 Å². The highest BCUT2D eigenvalue weighted by molar-refractivity contribution is 7.46. The third-order valence-corrected chi connectivity index (χ3v) is 5.65. The summed E-state index contributed by atoms with van der Waals surface area (Å²) in [4.78, 5) is 59.0. The predicted octanol–water partition coefficient (Wildman–Crippen LogP) is -0.992. The lowest BCUT2D eigenvalue weighted by atomic mass is 9.87. The maximum atomic E-state index is 12.0. The first-order valence-electron chi connectivity index (χ1n) is 10.7. The average Bonchev–Trinajstić information content (AvgIpc) is 2.72. The number of phosphoric ester groups is 2. The molecule has 8 N–H and O–H groups in total. The van der Waals surface area contributed by atoms with Crippen molar-refractivity contribution >= 4 is 27.5 Å². The Labute approximate surface area is 204 Å². The normalized spacial score (nSPS) is 14.9. The van der Waals surface area contributed by atoms with Crippen molar-refractivity contribution in [2.75, 3.05) is 39.5 Å². The van der Waals surface area contributed by atoms with E-state index in [1.54, 1.807) is 0 Å². The van der Waals surface area contributed by atoms with E-state index in [4.69, 9.17) is 24.3 Å². The first kappa shape index (κ1) is 34.0. The number of rotatable bonds is 18. The molecule has 17 heteroatoms. The Morgan fingerprint density at radius 1 is 0.743 bits per heavy atom. The second kappa shape index (κ2) is 14.7. The van der Waals surface area contributed by atoms with Crippen LogP contribution < -0.4 is 10.6 Å². The molecule has 0 saturated heterocycles. The van der Waals surface area contributed by atoms with Crippen molar-refractivity contribution in [3.8, 4) is 0 Å². The van der Waals surface area contributed by atoms with E-state index >= 15 is 0 Å². The van der Waals surface area contributed by atoms with Crippen LogP contribution in [0, 0.1) is 10.8 Å². The molecule has 0 aromatic heterocycles. The first-order chi connectivity index (χ1) is 15.8. The molecule has 0 spiro atoms. The minimum atomic E-state index is -4.73. The van der Waals surface area contributed by atoms with Crippen LogP contribution in [0.3, 0.4) is 0 Å². The molecule has 2 unspecified atom stereocenters. The van der Waals surface area contributed by atoms with Crippen LogP contribution >= 0.6 is 15.6 Å². The Hall–Kier alpha value is -0.960. The number of ether oxygens (including phenoxy) is 1. The van der Waals surface area contributed by atoms with Crippen LogP contribution in [0.15, 0.2) is 0 Å². The summed E-state index contributed by atoms with van der Waals surface area (Å²) in [6, 6.07) is 0. The molecule has 0 rings (SSSR count). The molecule has 35 heavy (non-hydrogen) atoms. The topological polar surface area (TPSA) is 241 Å². The van der Waals surface area contributed by atoms with Gasteiger partial charge in [-0.25, -0.2) is 9.13 Å². The number of hydrogen-bond acceptors (Lipinski definition) is 9. The number of amides is 2. The zero-order chi connectivity index (χ0) is 27.5. The number of hydrogen-bond donors (Lipinski definition) is 8. The van der Waals surface area contributed by atoms with Gasteiger partial charge in [-0.2, -0.15) is 0 Å². The summed E-state index contributed by atoms with van der Waals surface area (Å²) < 4.78 is 35.6. The van der Waals surface area contributed by atoms with E-state index in [0.29, 0.717) is 12.8 Å². The van der Waals surface area contributed by atoms with Gasteiger partial charge in [-0.3, -0.25) is 18.6 Å². The zero-order valence-corrected chi connectivity index (χ0v) is 22.0. The van der Waals surface area contributed by atoms with E-state index in [1.165, 1.54) is 27.7 Å². The van der Waals surface area contributed by atoms with Gasteiger partial charge < -0.3 is 45.2 Å². The molecule has 0 fully saturated rings. The molecule has 2 atom stereocenters. The number of carbonyl (C=O) groups is 2. The third kappa shape index (κ3) is 15.7. The van der Waals surface area contributed by atoms with Gasteiger partial charge in [0, 0.05) is 37.1 Å². The Morgan fingerprint density at radius 3 is 1.34 bits per heavy atom. The van der Waals surface area contributed by atoms with E-state index < -0.39 is 63.7 Å². The summed E-state index contributed by atoms with van der Waals surface area (Å²) in [5.41, 5.74) is -2.47. The summed E-state index contributed by atoms with van der Waals surface area (Å²) in [5.74, 6) is -1.45. The molecule has 0 aromatic rings. The van der Waals surface area contributed by atoms with Gasteiger partial charge >= 0.3 is 15.6 Å². The molecular weight excluding hydrogens is 514 g/mol. The quantitative estimate of drug-likeness (QED) is 0.0753. The number of aliphatic hydroxyl groups excluding tert-OH is 2. The van der Waals surface area contributed by atoms with Crippen molar-refractivity contribution in [2.24, 2.45) is 10.8 Å². The van der Waals surface area contributed by atoms with Crippen LogP contribution in [0.1, 0.15) is 40.5 Å². The molecule has 0 radical (unpaired) electrons. The van der Waals surface area contributed by atoms with Gasteiger partial charge in [0.25, 0.3) is 0 Å². The van der Waals surface area contributed by atoms with Gasteiger partial charge in [0.05, 0.1) is 13.2 Å². The van der Waals surface area contributed by atoms with Crippen molar-refractivity contribution in [2.45, 2.75) is 52.7 Å². The fourth-order valence-electron chi connectivity index (χ4n) is 2.44. The molecule has 0 heterocycles. The Kier molecular flexibility index (Phi) is 14.3. The van der Waals surface area contributed by atoms with Gasteiger partial charge in [-0.15, -0.1) is 0 Å². The second-order valence-corrected chi connectivity index (χ2v) is 11.7. The Balaban J connectivity index is 4.04. The fraction of sp³-hybridized carbons (Fsp3) is 0.889. The minimum absolute atomic E-state index is 0.181. The van der Waals surface area contributed by atoms with Gasteiger partial charge in [-0.05, 0) is 12.8 Å². The van der Waals surface area contributed by atoms with Crippen LogP contribution in [0.4, 0.5) is 0 Å². The van der Waals surface area contributed by atoms with Crippen LogP contribution in [-0.4, -0.2) is 93.3 Å². The highest BCUT2D eigenvalue weighted by Crippen LogP contribution is 2.39. The predicted molar refractivity (Wildman–Crippen MR) is 122 cm³/mol. The molecule has 0 aliphatic carbocycles. The molecular formula is C18H38N2O13P2. The third-order valence-electron chi connectivity index (χ3n) is 4.72. The lowest BCUT2D eigenvalue weighted by molar-refractivity contribution is -0.137. The lowest BCUT2D eigenvalue weighted by Crippen LogP contribution is -2.46. The molecule has 0 aromatic carbocycles. The van der Waals surface area contributed by atoms with E-state index in [1.807, 2.05) is 0 Å². The maximum Gasteiger partial charge on any atom is 0.469 e. The second-order valence-electron chi connectivity index (χ2n) is 9.21. The first-order valence-corrected chi connectivity index (χ1v) is 13.7. The van der Waals surface area contributed by atoms with Crippen LogP contribution in [0.25, 0.3) is 0 Å². The summed E-state index contributed by atoms with van der Waals surface area (Å²) in [5, 5.41) is 25.1. The molecule has 0 aliphatic heterocycles. The number of nitrogens with one attached hydrogen (secondary N) is 2. The zero-order valence-electron chi connectivity index (χ0n) is 20.2. The minimum Gasteiger partial charge on any atom is -0.383 e. The molecule has 2 amide bonds. The summed E-state index contributed by atoms with van der Waals surface area (Å²) in [6.07, 6.45) is -2.28. The van der Waals surface area contributed by atoms with Crippen LogP contribution in [0.5, 0.6) is 0 Å². The van der Waals surface area contributed by atoms with Crippen molar-refractivity contribution in [3.63, 3.8) is 0 Å². The Morgan fingerprint density at radius 2 is 1.06 bits per heavy atom. The SMILES string of the molecule is CC(C)(COP(=O)(O)O)C(O)C(=O)NCCCOCCCNC(=O)C(O)C(C)(C)COP(=O)(O)O. The number of phosphoric acid groups is 2. The van der Waals surface area contributed by atoms with Crippen LogP contribution in [-0.2, 0) is 32.5 Å². The maximum absolute atomic E-state index is 12.0. The van der Waals surface area contributed by atoms with Crippen molar-refractivity contribution in [1.29, 1.82) is 0 Å². The monoisotopic (exact) mass is 552 g/mol. The van der Waals surface area contributed by atoms with Crippen molar-refractivity contribution in [1.82, 2.24) is 10.6 Å². The van der Waals surface area contributed by atoms with Gasteiger partial charge in [0.1, 0.15) is 12.2 Å². The van der Waals surface area contributed by atoms with Gasteiger partial charge in [0.2, 0.25) is 11.8 Å². The molecule has 0 bridgehead atoms. The Bertz CT molecular complexity index is 703. The average molecular weight is 552 g/mol. The summed E-state index contributed by atoms with van der Waals surface area (Å²) in [6.45, 7) is 5.53. The largest absolute Gasteiger partial charge is 0.469 e. The highest BCUT2D eigenvalue weighted by Gasteiger charge is 2.36. The van der Waals surface area contributed by atoms with E-state index in [-0.39, 0.29) is 26.3 Å². The molecule has 208 valence electrons. The van der Waals surface area contributed by atoms with Crippen molar-refractivity contribution < 1.29 is 62.3 Å². The summed E-state index contributed by atoms with van der Waals surface area (Å²) >= 11 is 0. The van der Waals surface area contributed by atoms with Crippen LogP contribution in [0.2, 0.25) is 0 Å². The summed E-state index contributed by atoms with van der Waals surface area (Å²) in [7, 11) is -9.45. The smallest absolute Gasteiger partial charge is 0.383 e. The van der Waals surface area contributed by atoms with Crippen molar-refractivity contribution in [3.05, 3.63) is 0 Å². The molecule has 15 nitrogen and oxygen atoms in total. The fourth-order valence-corrected chi connectivity index (χ4v) is 3.44. The van der Waals surface area contributed by atoms with E-state index in [2.05, 4.69) is 19.7 Å².